The van der Waals surface area contributed by atoms with E-state index in [0.717, 1.165) is 0 Å². The third-order valence-corrected chi connectivity index (χ3v) is 2.22. The third kappa shape index (κ3) is 7.30. The van der Waals surface area contributed by atoms with Crippen molar-refractivity contribution < 1.29 is 0 Å². The predicted octanol–water partition coefficient (Wildman–Crippen LogP) is 3.02. The Hall–Kier alpha value is -1.02. The molecule has 0 aliphatic heterocycles. The lowest BCUT2D eigenvalue weighted by Crippen LogP contribution is -2.11. The smallest absolute Gasteiger partial charge is 0.0361 e. The number of hydrogen-bond donors (Lipinski definition) is 0. The second-order valence-corrected chi connectivity index (χ2v) is 4.53. The van der Waals surface area contributed by atoms with Crippen molar-refractivity contribution in [3.05, 3.63) is 29.8 Å². The predicted molar refractivity (Wildman–Crippen MR) is 74.4 cm³/mol. The second-order valence-electron chi connectivity index (χ2n) is 4.53. The van der Waals surface area contributed by atoms with E-state index in [2.05, 4.69) is 62.0 Å². The molecule has 0 aliphatic carbocycles. The van der Waals surface area contributed by atoms with E-state index in [1.165, 1.54) is 24.2 Å². The Morgan fingerprint density at radius 1 is 0.938 bits per heavy atom. The summed E-state index contributed by atoms with van der Waals surface area (Å²) in [5.41, 5.74) is 2.57. The standard InChI is InChI=1S/C9H13N.C5H13N/c1-8-4-6-9(7-5-8)10(2)3;1-4-5-6(2)3/h4-7H,1-3H3;4-5H2,1-3H3. The average molecular weight is 222 g/mol. The summed E-state index contributed by atoms with van der Waals surface area (Å²) in [5, 5.41) is 0. The Morgan fingerprint density at radius 3 is 1.69 bits per heavy atom. The van der Waals surface area contributed by atoms with Crippen molar-refractivity contribution in [2.24, 2.45) is 0 Å². The molecule has 2 nitrogen and oxygen atoms in total. The van der Waals surface area contributed by atoms with Crippen molar-refractivity contribution in [2.75, 3.05) is 39.6 Å². The lowest BCUT2D eigenvalue weighted by Gasteiger charge is -2.11. The van der Waals surface area contributed by atoms with Gasteiger partial charge in [0.1, 0.15) is 0 Å². The molecule has 0 radical (unpaired) electrons. The van der Waals surface area contributed by atoms with Crippen molar-refractivity contribution in [1.29, 1.82) is 0 Å². The van der Waals surface area contributed by atoms with Crippen molar-refractivity contribution in [1.82, 2.24) is 4.90 Å². The van der Waals surface area contributed by atoms with Gasteiger partial charge in [0.15, 0.2) is 0 Å². The van der Waals surface area contributed by atoms with E-state index in [0.29, 0.717) is 0 Å². The first-order chi connectivity index (χ1) is 7.47. The van der Waals surface area contributed by atoms with Gasteiger partial charge in [0.2, 0.25) is 0 Å². The van der Waals surface area contributed by atoms with Crippen LogP contribution in [-0.4, -0.2) is 39.6 Å². The molecular formula is C14H26N2. The summed E-state index contributed by atoms with van der Waals surface area (Å²) in [6.45, 7) is 5.49. The molecule has 0 N–H and O–H groups in total. The van der Waals surface area contributed by atoms with Crippen LogP contribution in [0, 0.1) is 6.92 Å². The Bertz CT molecular complexity index is 263. The van der Waals surface area contributed by atoms with E-state index >= 15 is 0 Å². The molecule has 0 aliphatic rings. The first kappa shape index (κ1) is 15.0. The first-order valence-corrected chi connectivity index (χ1v) is 5.86. The minimum atomic E-state index is 1.21. The van der Waals surface area contributed by atoms with Crippen LogP contribution >= 0.6 is 0 Å². The summed E-state index contributed by atoms with van der Waals surface area (Å²) in [5.74, 6) is 0. The van der Waals surface area contributed by atoms with Crippen molar-refractivity contribution >= 4 is 5.69 Å². The third-order valence-electron chi connectivity index (χ3n) is 2.22. The van der Waals surface area contributed by atoms with Crippen LogP contribution in [0.4, 0.5) is 5.69 Å². The van der Waals surface area contributed by atoms with Gasteiger partial charge >= 0.3 is 0 Å². The molecule has 16 heavy (non-hydrogen) atoms. The summed E-state index contributed by atoms with van der Waals surface area (Å²) < 4.78 is 0. The number of hydrogen-bond acceptors (Lipinski definition) is 2. The van der Waals surface area contributed by atoms with Gasteiger partial charge < -0.3 is 9.80 Å². The fourth-order valence-corrected chi connectivity index (χ4v) is 1.29. The zero-order valence-electron chi connectivity index (χ0n) is 11.6. The van der Waals surface area contributed by atoms with Gasteiger partial charge in [-0.1, -0.05) is 24.6 Å². The van der Waals surface area contributed by atoms with Crippen LogP contribution in [0.2, 0.25) is 0 Å². The van der Waals surface area contributed by atoms with Gasteiger partial charge in [-0.15, -0.1) is 0 Å². The molecule has 0 unspecified atom stereocenters. The van der Waals surface area contributed by atoms with Crippen molar-refractivity contribution in [3.8, 4) is 0 Å². The molecule has 0 spiro atoms. The van der Waals surface area contributed by atoms with Gasteiger partial charge in [-0.3, -0.25) is 0 Å². The lowest BCUT2D eigenvalue weighted by atomic mass is 10.2. The van der Waals surface area contributed by atoms with E-state index in [4.69, 9.17) is 0 Å². The van der Waals surface area contributed by atoms with Crippen LogP contribution in [0.5, 0.6) is 0 Å². The van der Waals surface area contributed by atoms with Gasteiger partial charge in [0.25, 0.3) is 0 Å². The molecule has 0 atom stereocenters. The van der Waals surface area contributed by atoms with Gasteiger partial charge in [-0.05, 0) is 46.1 Å². The quantitative estimate of drug-likeness (QED) is 0.775. The monoisotopic (exact) mass is 222 g/mol. The average Bonchev–Trinajstić information content (AvgIpc) is 2.19. The molecule has 1 aromatic carbocycles. The van der Waals surface area contributed by atoms with Crippen LogP contribution in [0.15, 0.2) is 24.3 Å². The van der Waals surface area contributed by atoms with Gasteiger partial charge in [0.05, 0.1) is 0 Å². The summed E-state index contributed by atoms with van der Waals surface area (Å²) in [6, 6.07) is 8.48. The van der Waals surface area contributed by atoms with Crippen LogP contribution in [0.3, 0.4) is 0 Å². The Kier molecular flexibility index (Phi) is 7.65. The van der Waals surface area contributed by atoms with Crippen molar-refractivity contribution in [2.45, 2.75) is 20.3 Å². The largest absolute Gasteiger partial charge is 0.378 e. The molecule has 0 heterocycles. The first-order valence-electron chi connectivity index (χ1n) is 5.86. The van der Waals surface area contributed by atoms with Gasteiger partial charge in [-0.25, -0.2) is 0 Å². The number of aryl methyl sites for hydroxylation is 1. The molecular weight excluding hydrogens is 196 g/mol. The van der Waals surface area contributed by atoms with Crippen LogP contribution in [0.1, 0.15) is 18.9 Å². The summed E-state index contributed by atoms with van der Waals surface area (Å²) in [6.07, 6.45) is 1.26. The Labute approximate surface area is 101 Å². The Morgan fingerprint density at radius 2 is 1.44 bits per heavy atom. The van der Waals surface area contributed by atoms with Gasteiger partial charge in [0, 0.05) is 19.8 Å². The minimum absolute atomic E-state index is 1.21. The molecule has 0 saturated carbocycles. The SMILES string of the molecule is CCCN(C)C.Cc1ccc(N(C)C)cc1. The number of rotatable bonds is 3. The molecule has 92 valence electrons. The second kappa shape index (κ2) is 8.17. The lowest BCUT2D eigenvalue weighted by molar-refractivity contribution is 0.408. The fourth-order valence-electron chi connectivity index (χ4n) is 1.29. The van der Waals surface area contributed by atoms with Crippen LogP contribution in [-0.2, 0) is 0 Å². The zero-order chi connectivity index (χ0) is 12.6. The molecule has 1 aromatic rings. The minimum Gasteiger partial charge on any atom is -0.378 e. The number of nitrogens with zero attached hydrogens (tertiary/aromatic N) is 2. The highest BCUT2D eigenvalue weighted by molar-refractivity contribution is 5.45. The molecule has 0 fully saturated rings. The molecule has 0 amide bonds. The number of anilines is 1. The maximum Gasteiger partial charge on any atom is 0.0361 e. The van der Waals surface area contributed by atoms with E-state index in [-0.39, 0.29) is 0 Å². The molecule has 2 heteroatoms. The van der Waals surface area contributed by atoms with Gasteiger partial charge in [-0.2, -0.15) is 0 Å². The number of benzene rings is 1. The normalized spacial score (nSPS) is 9.69. The van der Waals surface area contributed by atoms with Crippen LogP contribution in [0.25, 0.3) is 0 Å². The highest BCUT2D eigenvalue weighted by Gasteiger charge is 1.90. The highest BCUT2D eigenvalue weighted by atomic mass is 15.1. The summed E-state index contributed by atoms with van der Waals surface area (Å²) in [4.78, 5) is 4.28. The molecule has 1 rings (SSSR count). The van der Waals surface area contributed by atoms with Crippen molar-refractivity contribution in [3.63, 3.8) is 0 Å². The summed E-state index contributed by atoms with van der Waals surface area (Å²) >= 11 is 0. The van der Waals surface area contributed by atoms with E-state index in [9.17, 15) is 0 Å². The van der Waals surface area contributed by atoms with Crippen LogP contribution < -0.4 is 4.90 Å². The maximum absolute atomic E-state index is 2.18. The highest BCUT2D eigenvalue weighted by Crippen LogP contribution is 2.10. The topological polar surface area (TPSA) is 6.48 Å². The zero-order valence-corrected chi connectivity index (χ0v) is 11.6. The van der Waals surface area contributed by atoms with E-state index in [1.54, 1.807) is 0 Å². The fraction of sp³-hybridized carbons (Fsp3) is 0.571. The molecule has 0 saturated heterocycles. The Balaban J connectivity index is 0.000000325. The summed E-state index contributed by atoms with van der Waals surface area (Å²) in [7, 11) is 8.27. The maximum atomic E-state index is 2.18. The molecule has 0 bridgehead atoms. The van der Waals surface area contributed by atoms with E-state index < -0.39 is 0 Å². The molecule has 0 aromatic heterocycles. The van der Waals surface area contributed by atoms with E-state index in [1.807, 2.05) is 14.1 Å².